The molecule has 0 saturated heterocycles. The Morgan fingerprint density at radius 1 is 1.19 bits per heavy atom. The van der Waals surface area contributed by atoms with Crippen molar-refractivity contribution < 1.29 is 4.79 Å². The number of carbonyl (C=O) groups excluding carboxylic acids is 1. The molecule has 0 bridgehead atoms. The molecule has 0 spiro atoms. The van der Waals surface area contributed by atoms with E-state index in [4.69, 9.17) is 0 Å². The van der Waals surface area contributed by atoms with Gasteiger partial charge >= 0.3 is 0 Å². The molecule has 0 radical (unpaired) electrons. The third-order valence-electron chi connectivity index (χ3n) is 3.58. The Hall–Kier alpha value is -2.46. The zero-order valence-electron chi connectivity index (χ0n) is 14.9. The molecule has 8 nitrogen and oxygen atoms in total. The largest absolute Gasteiger partial charge is 0.378 e. The van der Waals surface area contributed by atoms with Crippen molar-refractivity contribution >= 4 is 39.8 Å². The number of anilines is 2. The van der Waals surface area contributed by atoms with E-state index in [-0.39, 0.29) is 11.7 Å². The SMILES string of the molecule is Cc1nnc(NC(=O)CSc2nnc(-c3ccc(N(C)C)cc3)n2C)s1. The quantitative estimate of drug-likeness (QED) is 0.648. The first-order valence-corrected chi connectivity index (χ1v) is 9.64. The van der Waals surface area contributed by atoms with Gasteiger partial charge in [0.05, 0.1) is 5.75 Å². The molecule has 136 valence electrons. The van der Waals surface area contributed by atoms with Gasteiger partial charge in [-0.05, 0) is 31.2 Å². The van der Waals surface area contributed by atoms with Crippen LogP contribution in [0.1, 0.15) is 5.01 Å². The molecule has 0 aliphatic rings. The van der Waals surface area contributed by atoms with Crippen molar-refractivity contribution in [3.63, 3.8) is 0 Å². The first-order chi connectivity index (χ1) is 12.4. The van der Waals surface area contributed by atoms with E-state index in [2.05, 4.69) is 25.7 Å². The van der Waals surface area contributed by atoms with Crippen molar-refractivity contribution in [2.45, 2.75) is 12.1 Å². The highest BCUT2D eigenvalue weighted by atomic mass is 32.2. The number of nitrogens with zero attached hydrogens (tertiary/aromatic N) is 6. The fraction of sp³-hybridized carbons (Fsp3) is 0.312. The Kier molecular flexibility index (Phi) is 5.52. The summed E-state index contributed by atoms with van der Waals surface area (Å²) >= 11 is 2.68. The second-order valence-electron chi connectivity index (χ2n) is 5.77. The van der Waals surface area contributed by atoms with Crippen LogP contribution in [0.2, 0.25) is 0 Å². The van der Waals surface area contributed by atoms with Crippen molar-refractivity contribution in [3.05, 3.63) is 29.3 Å². The van der Waals surface area contributed by atoms with Gasteiger partial charge in [-0.3, -0.25) is 10.1 Å². The number of hydrogen-bond acceptors (Lipinski definition) is 8. The first-order valence-electron chi connectivity index (χ1n) is 7.84. The fourth-order valence-electron chi connectivity index (χ4n) is 2.23. The third-order valence-corrected chi connectivity index (χ3v) is 5.36. The van der Waals surface area contributed by atoms with Gasteiger partial charge < -0.3 is 9.47 Å². The number of thioether (sulfide) groups is 1. The average molecular weight is 390 g/mol. The molecular weight excluding hydrogens is 370 g/mol. The molecule has 1 amide bonds. The molecule has 0 saturated carbocycles. The topological polar surface area (TPSA) is 88.8 Å². The summed E-state index contributed by atoms with van der Waals surface area (Å²) in [5.74, 6) is 0.841. The van der Waals surface area contributed by atoms with Crippen molar-refractivity contribution in [1.29, 1.82) is 0 Å². The second kappa shape index (κ2) is 7.83. The van der Waals surface area contributed by atoms with Gasteiger partial charge in [0.25, 0.3) is 0 Å². The zero-order chi connectivity index (χ0) is 18.7. The average Bonchev–Trinajstić information content (AvgIpc) is 3.18. The predicted octanol–water partition coefficient (Wildman–Crippen LogP) is 2.44. The molecule has 3 rings (SSSR count). The minimum Gasteiger partial charge on any atom is -0.378 e. The lowest BCUT2D eigenvalue weighted by Crippen LogP contribution is -2.14. The van der Waals surface area contributed by atoms with Gasteiger partial charge in [-0.2, -0.15) is 0 Å². The van der Waals surface area contributed by atoms with Crippen molar-refractivity contribution in [2.24, 2.45) is 7.05 Å². The number of aryl methyl sites for hydroxylation is 1. The summed E-state index contributed by atoms with van der Waals surface area (Å²) < 4.78 is 1.89. The Morgan fingerprint density at radius 2 is 1.92 bits per heavy atom. The molecule has 2 heterocycles. The van der Waals surface area contributed by atoms with Crippen LogP contribution in [0.4, 0.5) is 10.8 Å². The lowest BCUT2D eigenvalue weighted by Gasteiger charge is -2.12. The molecule has 0 unspecified atom stereocenters. The van der Waals surface area contributed by atoms with Crippen molar-refractivity contribution in [3.8, 4) is 11.4 Å². The standard InChI is InChI=1S/C16H19N7OS2/c1-10-18-20-15(26-10)17-13(24)9-25-16-21-19-14(23(16)4)11-5-7-12(8-6-11)22(2)3/h5-8H,9H2,1-4H3,(H,17,20,24). The summed E-state index contributed by atoms with van der Waals surface area (Å²) in [5, 5.41) is 20.9. The lowest BCUT2D eigenvalue weighted by atomic mass is 10.2. The molecule has 1 aromatic carbocycles. The second-order valence-corrected chi connectivity index (χ2v) is 7.89. The Bertz CT molecular complexity index is 902. The number of amides is 1. The summed E-state index contributed by atoms with van der Waals surface area (Å²) in [6.07, 6.45) is 0. The summed E-state index contributed by atoms with van der Waals surface area (Å²) in [4.78, 5) is 14.1. The number of benzene rings is 1. The molecule has 3 aromatic rings. The molecule has 0 atom stereocenters. The minimum atomic E-state index is -0.147. The zero-order valence-corrected chi connectivity index (χ0v) is 16.6. The molecule has 1 N–H and O–H groups in total. The lowest BCUT2D eigenvalue weighted by molar-refractivity contribution is -0.113. The molecule has 10 heteroatoms. The van der Waals surface area contributed by atoms with E-state index < -0.39 is 0 Å². The summed E-state index contributed by atoms with van der Waals surface area (Å²) in [7, 11) is 5.89. The predicted molar refractivity (Wildman–Crippen MR) is 105 cm³/mol. The van der Waals surface area contributed by atoms with Gasteiger partial charge in [0.15, 0.2) is 11.0 Å². The number of rotatable bonds is 6. The minimum absolute atomic E-state index is 0.147. The van der Waals surface area contributed by atoms with Gasteiger partial charge in [-0.25, -0.2) is 0 Å². The maximum absolute atomic E-state index is 12.0. The maximum Gasteiger partial charge on any atom is 0.236 e. The van der Waals surface area contributed by atoms with Crippen LogP contribution >= 0.6 is 23.1 Å². The van der Waals surface area contributed by atoms with Crippen molar-refractivity contribution in [1.82, 2.24) is 25.0 Å². The van der Waals surface area contributed by atoms with E-state index in [0.29, 0.717) is 10.3 Å². The number of hydrogen-bond donors (Lipinski definition) is 1. The summed E-state index contributed by atoms with van der Waals surface area (Å²) in [6.45, 7) is 1.84. The first kappa shape index (κ1) is 18.3. The molecular formula is C16H19N7OS2. The Balaban J connectivity index is 1.64. The van der Waals surface area contributed by atoms with Crippen LogP contribution in [0.15, 0.2) is 29.4 Å². The number of aromatic nitrogens is 5. The van der Waals surface area contributed by atoms with E-state index in [0.717, 1.165) is 22.1 Å². The molecule has 2 aromatic heterocycles. The van der Waals surface area contributed by atoms with E-state index in [1.54, 1.807) is 0 Å². The molecule has 0 aliphatic carbocycles. The van der Waals surface area contributed by atoms with Crippen LogP contribution < -0.4 is 10.2 Å². The number of nitrogens with one attached hydrogen (secondary N) is 1. The summed E-state index contributed by atoms with van der Waals surface area (Å²) in [6, 6.07) is 8.10. The van der Waals surface area contributed by atoms with E-state index in [1.165, 1.54) is 23.1 Å². The van der Waals surface area contributed by atoms with Gasteiger partial charge in [0.1, 0.15) is 5.01 Å². The van der Waals surface area contributed by atoms with Gasteiger partial charge in [-0.1, -0.05) is 23.1 Å². The smallest absolute Gasteiger partial charge is 0.236 e. The monoisotopic (exact) mass is 389 g/mol. The highest BCUT2D eigenvalue weighted by Crippen LogP contribution is 2.24. The van der Waals surface area contributed by atoms with Crippen molar-refractivity contribution in [2.75, 3.05) is 30.1 Å². The van der Waals surface area contributed by atoms with Crippen LogP contribution in [0.5, 0.6) is 0 Å². The number of carbonyl (C=O) groups is 1. The normalized spacial score (nSPS) is 10.8. The van der Waals surface area contributed by atoms with E-state index in [9.17, 15) is 4.79 Å². The fourth-order valence-corrected chi connectivity index (χ4v) is 3.55. The highest BCUT2D eigenvalue weighted by Gasteiger charge is 2.14. The molecule has 0 fully saturated rings. The van der Waals surface area contributed by atoms with Gasteiger partial charge in [0.2, 0.25) is 11.0 Å². The Morgan fingerprint density at radius 3 is 2.54 bits per heavy atom. The maximum atomic E-state index is 12.0. The molecule has 0 aliphatic heterocycles. The third kappa shape index (κ3) is 4.20. The highest BCUT2D eigenvalue weighted by molar-refractivity contribution is 7.99. The Labute approximate surface area is 159 Å². The van der Waals surface area contributed by atoms with Crippen LogP contribution in [-0.2, 0) is 11.8 Å². The summed E-state index contributed by atoms with van der Waals surface area (Å²) in [5.41, 5.74) is 2.10. The van der Waals surface area contributed by atoms with Crippen LogP contribution in [0.25, 0.3) is 11.4 Å². The molecule has 26 heavy (non-hydrogen) atoms. The van der Waals surface area contributed by atoms with E-state index >= 15 is 0 Å². The van der Waals surface area contributed by atoms with Crippen LogP contribution in [0.3, 0.4) is 0 Å². The van der Waals surface area contributed by atoms with Crippen LogP contribution in [0, 0.1) is 6.92 Å². The van der Waals surface area contributed by atoms with Crippen LogP contribution in [-0.4, -0.2) is 50.7 Å². The van der Waals surface area contributed by atoms with E-state index in [1.807, 2.05) is 61.8 Å². The van der Waals surface area contributed by atoms with Gasteiger partial charge in [-0.15, -0.1) is 20.4 Å². The van der Waals surface area contributed by atoms with Gasteiger partial charge in [0, 0.05) is 32.4 Å².